The fraction of sp³-hybridized carbons (Fsp3) is 0.240. The van der Waals surface area contributed by atoms with Crippen molar-refractivity contribution in [2.75, 3.05) is 25.1 Å². The molecule has 2 aromatic carbocycles. The van der Waals surface area contributed by atoms with Gasteiger partial charge in [-0.05, 0) is 55.2 Å². The molecule has 34 heavy (non-hydrogen) atoms. The first kappa shape index (κ1) is 21.4. The monoisotopic (exact) mass is 453 g/mol. The Morgan fingerprint density at radius 2 is 1.82 bits per heavy atom. The van der Waals surface area contributed by atoms with Gasteiger partial charge < -0.3 is 19.4 Å². The molecule has 0 saturated carbocycles. The van der Waals surface area contributed by atoms with Crippen molar-refractivity contribution in [2.45, 2.75) is 19.3 Å². The quantitative estimate of drug-likeness (QED) is 0.421. The van der Waals surface area contributed by atoms with Crippen molar-refractivity contribution in [3.8, 4) is 23.8 Å². The lowest BCUT2D eigenvalue weighted by Gasteiger charge is -2.26. The number of H-pyrrole nitrogens is 1. The highest BCUT2D eigenvalue weighted by molar-refractivity contribution is 5.90. The molecular weight excluding hydrogens is 430 g/mol. The van der Waals surface area contributed by atoms with Gasteiger partial charge in [0.05, 0.1) is 23.7 Å². The number of nitrogens with zero attached hydrogens (tertiary/aromatic N) is 6. The summed E-state index contributed by atoms with van der Waals surface area (Å²) in [5.74, 6) is 1.60. The summed E-state index contributed by atoms with van der Waals surface area (Å²) < 4.78 is 11.2. The van der Waals surface area contributed by atoms with Gasteiger partial charge in [0.2, 0.25) is 5.95 Å². The number of imidazole rings is 1. The fourth-order valence-electron chi connectivity index (χ4n) is 3.87. The van der Waals surface area contributed by atoms with Crippen molar-refractivity contribution in [1.82, 2.24) is 24.9 Å². The average molecular weight is 454 g/mol. The van der Waals surface area contributed by atoms with Gasteiger partial charge >= 0.3 is 12.0 Å². The summed E-state index contributed by atoms with van der Waals surface area (Å²) in [6.45, 7) is 1.79. The number of aromatic amines is 1. The Kier molecular flexibility index (Phi) is 6.03. The van der Waals surface area contributed by atoms with Crippen LogP contribution in [0.25, 0.3) is 22.7 Å². The molecule has 4 aromatic rings. The smallest absolute Gasteiger partial charge is 0.330 e. The maximum atomic E-state index is 9.73. The lowest BCUT2D eigenvalue weighted by Crippen LogP contribution is -2.31. The topological polar surface area (TPSA) is 113 Å². The molecule has 5 rings (SSSR count). The van der Waals surface area contributed by atoms with Crippen LogP contribution in [0.4, 0.5) is 5.95 Å². The van der Waals surface area contributed by atoms with Gasteiger partial charge in [-0.15, -0.1) is 4.98 Å². The number of hydrogen-bond acceptors (Lipinski definition) is 8. The Morgan fingerprint density at radius 1 is 1.00 bits per heavy atom. The van der Waals surface area contributed by atoms with Gasteiger partial charge in [0, 0.05) is 13.1 Å². The highest BCUT2D eigenvalue weighted by atomic mass is 16.5. The third-order valence-corrected chi connectivity index (χ3v) is 5.55. The van der Waals surface area contributed by atoms with Gasteiger partial charge in [0.25, 0.3) is 0 Å². The number of allylic oxidation sites excluding steroid dienone is 1. The van der Waals surface area contributed by atoms with E-state index in [-0.39, 0.29) is 12.0 Å². The summed E-state index contributed by atoms with van der Waals surface area (Å²) in [5.41, 5.74) is 2.89. The van der Waals surface area contributed by atoms with E-state index in [1.807, 2.05) is 42.5 Å². The average Bonchev–Trinajstić information content (AvgIpc) is 3.32. The SMILES string of the molecule is COc1nc(Oc2cccc(/C=C(\C#N)c3nc4ccccc4[nH]3)c2)nc(N2CCCCC2)n1. The number of rotatable bonds is 6. The van der Waals surface area contributed by atoms with Gasteiger partial charge in [-0.3, -0.25) is 0 Å². The first-order valence-corrected chi connectivity index (χ1v) is 11.1. The van der Waals surface area contributed by atoms with Crippen LogP contribution < -0.4 is 14.4 Å². The zero-order chi connectivity index (χ0) is 23.3. The molecule has 2 aromatic heterocycles. The number of benzene rings is 2. The van der Waals surface area contributed by atoms with E-state index in [9.17, 15) is 5.26 Å². The van der Waals surface area contributed by atoms with E-state index in [0.717, 1.165) is 42.5 Å². The molecule has 170 valence electrons. The lowest BCUT2D eigenvalue weighted by molar-refractivity contribution is 0.358. The second-order valence-electron chi connectivity index (χ2n) is 7.90. The third-order valence-electron chi connectivity index (χ3n) is 5.55. The standard InChI is InChI=1S/C25H23N7O2/c1-33-24-29-23(32-12-5-2-6-13-32)30-25(31-24)34-19-9-7-8-17(15-19)14-18(16-26)22-27-20-10-3-4-11-21(20)28-22/h3-4,7-11,14-15H,2,5-6,12-13H2,1H3,(H,27,28)/b18-14+. The summed E-state index contributed by atoms with van der Waals surface area (Å²) in [7, 11) is 1.52. The molecule has 9 nitrogen and oxygen atoms in total. The Labute approximate surface area is 196 Å². The van der Waals surface area contributed by atoms with Crippen LogP contribution in [-0.4, -0.2) is 45.1 Å². The molecule has 1 N–H and O–H groups in total. The van der Waals surface area contributed by atoms with E-state index in [2.05, 4.69) is 35.9 Å². The second kappa shape index (κ2) is 9.58. The Morgan fingerprint density at radius 3 is 2.62 bits per heavy atom. The highest BCUT2D eigenvalue weighted by Crippen LogP contribution is 2.26. The van der Waals surface area contributed by atoms with Crippen LogP contribution in [0.5, 0.6) is 17.8 Å². The molecule has 0 unspecified atom stereocenters. The molecular formula is C25H23N7O2. The summed E-state index contributed by atoms with van der Waals surface area (Å²) in [6.07, 6.45) is 5.18. The number of nitrogens with one attached hydrogen (secondary N) is 1. The number of anilines is 1. The summed E-state index contributed by atoms with van der Waals surface area (Å²) in [6, 6.07) is 17.6. The largest absolute Gasteiger partial charge is 0.467 e. The molecule has 0 amide bonds. The minimum atomic E-state index is 0.159. The molecule has 1 aliphatic heterocycles. The Bertz CT molecular complexity index is 1350. The van der Waals surface area contributed by atoms with Crippen molar-refractivity contribution < 1.29 is 9.47 Å². The van der Waals surface area contributed by atoms with Gasteiger partial charge in [-0.25, -0.2) is 4.98 Å². The second-order valence-corrected chi connectivity index (χ2v) is 7.90. The van der Waals surface area contributed by atoms with E-state index in [1.165, 1.54) is 13.5 Å². The summed E-state index contributed by atoms with van der Waals surface area (Å²) >= 11 is 0. The number of nitriles is 1. The molecule has 0 spiro atoms. The number of ether oxygens (including phenoxy) is 2. The van der Waals surface area contributed by atoms with Crippen molar-refractivity contribution in [1.29, 1.82) is 5.26 Å². The molecule has 0 atom stereocenters. The zero-order valence-electron chi connectivity index (χ0n) is 18.7. The lowest BCUT2D eigenvalue weighted by atomic mass is 10.1. The van der Waals surface area contributed by atoms with Crippen molar-refractivity contribution in [2.24, 2.45) is 0 Å². The van der Waals surface area contributed by atoms with Crippen molar-refractivity contribution >= 4 is 28.6 Å². The van der Waals surface area contributed by atoms with Crippen LogP contribution in [-0.2, 0) is 0 Å². The van der Waals surface area contributed by atoms with Crippen molar-refractivity contribution in [3.63, 3.8) is 0 Å². The summed E-state index contributed by atoms with van der Waals surface area (Å²) in [5, 5.41) is 9.73. The molecule has 9 heteroatoms. The third kappa shape index (κ3) is 4.66. The van der Waals surface area contributed by atoms with Crippen LogP contribution in [0.15, 0.2) is 48.5 Å². The fourth-order valence-corrected chi connectivity index (χ4v) is 3.87. The van der Waals surface area contributed by atoms with Gasteiger partial charge in [0.15, 0.2) is 0 Å². The maximum Gasteiger partial charge on any atom is 0.330 e. The highest BCUT2D eigenvalue weighted by Gasteiger charge is 2.17. The minimum Gasteiger partial charge on any atom is -0.467 e. The minimum absolute atomic E-state index is 0.159. The van der Waals surface area contributed by atoms with Crippen LogP contribution >= 0.6 is 0 Å². The van der Waals surface area contributed by atoms with E-state index < -0.39 is 0 Å². The van der Waals surface area contributed by atoms with Crippen molar-refractivity contribution in [3.05, 3.63) is 59.9 Å². The predicted molar refractivity (Wildman–Crippen MR) is 129 cm³/mol. The van der Waals surface area contributed by atoms with Crippen LogP contribution in [0.1, 0.15) is 30.7 Å². The van der Waals surface area contributed by atoms with E-state index >= 15 is 0 Å². The molecule has 0 aliphatic carbocycles. The molecule has 0 bridgehead atoms. The van der Waals surface area contributed by atoms with Crippen LogP contribution in [0, 0.1) is 11.3 Å². The van der Waals surface area contributed by atoms with Gasteiger partial charge in [-0.2, -0.15) is 15.2 Å². The number of aromatic nitrogens is 5. The normalized spacial score (nSPS) is 14.1. The summed E-state index contributed by atoms with van der Waals surface area (Å²) in [4.78, 5) is 23.0. The number of piperidine rings is 1. The Balaban J connectivity index is 1.41. The number of para-hydroxylation sites is 2. The molecule has 0 radical (unpaired) electrons. The number of hydrogen-bond donors (Lipinski definition) is 1. The van der Waals surface area contributed by atoms with Crippen LogP contribution in [0.2, 0.25) is 0 Å². The Hall–Kier alpha value is -4.45. The number of fused-ring (bicyclic) bond motifs is 1. The number of methoxy groups -OCH3 is 1. The zero-order valence-corrected chi connectivity index (χ0v) is 18.7. The van der Waals surface area contributed by atoms with E-state index in [1.54, 1.807) is 12.1 Å². The molecule has 1 aliphatic rings. The van der Waals surface area contributed by atoms with Gasteiger partial charge in [0.1, 0.15) is 17.6 Å². The molecule has 3 heterocycles. The molecule has 1 saturated heterocycles. The van der Waals surface area contributed by atoms with E-state index in [0.29, 0.717) is 23.1 Å². The predicted octanol–water partition coefficient (Wildman–Crippen LogP) is 4.60. The van der Waals surface area contributed by atoms with E-state index in [4.69, 9.17) is 9.47 Å². The van der Waals surface area contributed by atoms with Crippen LogP contribution in [0.3, 0.4) is 0 Å². The van der Waals surface area contributed by atoms with Gasteiger partial charge in [-0.1, -0.05) is 24.3 Å². The first-order valence-electron chi connectivity index (χ1n) is 11.1. The first-order chi connectivity index (χ1) is 16.7. The molecule has 1 fully saturated rings. The maximum absolute atomic E-state index is 9.73.